The van der Waals surface area contributed by atoms with Crippen LogP contribution in [0.1, 0.15) is 51.9 Å². The van der Waals surface area contributed by atoms with E-state index in [1.807, 2.05) is 18.5 Å². The summed E-state index contributed by atoms with van der Waals surface area (Å²) in [6.45, 7) is 8.81. The molecular formula is C27H30N4O. The van der Waals surface area contributed by atoms with E-state index in [0.717, 1.165) is 30.0 Å². The van der Waals surface area contributed by atoms with Gasteiger partial charge in [-0.2, -0.15) is 5.10 Å². The fourth-order valence-corrected chi connectivity index (χ4v) is 4.67. The third kappa shape index (κ3) is 3.52. The zero-order chi connectivity index (χ0) is 22.3. The van der Waals surface area contributed by atoms with Crippen LogP contribution in [-0.4, -0.2) is 20.8 Å². The van der Waals surface area contributed by atoms with Gasteiger partial charge in [0.05, 0.1) is 29.5 Å². The average Bonchev–Trinajstić information content (AvgIpc) is 3.35. The fraction of sp³-hybridized carbons (Fsp3) is 0.333. The Morgan fingerprint density at radius 3 is 2.72 bits per heavy atom. The first kappa shape index (κ1) is 20.6. The van der Waals surface area contributed by atoms with Gasteiger partial charge in [0.1, 0.15) is 11.6 Å². The van der Waals surface area contributed by atoms with Gasteiger partial charge in [-0.15, -0.1) is 0 Å². The van der Waals surface area contributed by atoms with E-state index in [-0.39, 0.29) is 17.0 Å². The van der Waals surface area contributed by atoms with Gasteiger partial charge in [0.25, 0.3) is 0 Å². The molecule has 0 saturated carbocycles. The topological polar surface area (TPSA) is 55.9 Å². The van der Waals surface area contributed by atoms with E-state index in [2.05, 4.69) is 97.3 Å². The summed E-state index contributed by atoms with van der Waals surface area (Å²) < 4.78 is 8.42. The quantitative estimate of drug-likeness (QED) is 0.538. The summed E-state index contributed by atoms with van der Waals surface area (Å²) in [6, 6.07) is 10.6. The number of fused-ring (bicyclic) bond motifs is 1. The van der Waals surface area contributed by atoms with Crippen molar-refractivity contribution in [2.24, 2.45) is 0 Å². The van der Waals surface area contributed by atoms with Crippen LogP contribution in [0.2, 0.25) is 0 Å². The number of allylic oxidation sites excluding steroid dienone is 5. The molecule has 5 rings (SSSR count). The Bertz CT molecular complexity index is 1210. The van der Waals surface area contributed by atoms with Gasteiger partial charge >= 0.3 is 0 Å². The third-order valence-electron chi connectivity index (χ3n) is 6.67. The molecule has 3 heterocycles. The van der Waals surface area contributed by atoms with Gasteiger partial charge in [-0.1, -0.05) is 60.7 Å². The Balaban J connectivity index is 1.50. The number of nitrogens with zero attached hydrogens (tertiary/aromatic N) is 3. The molecule has 0 spiro atoms. The number of anilines is 1. The standard InChI is InChI=1S/C27H30N4O/c1-26(2)16-22(19-12-8-5-6-9-13-19)30-24-21(17-29-31(24)26)25-28-18-23(32-25)27(3,4)20-14-10-7-11-15-20/h5-12,14-15,17-18,22,30H,13,16H2,1-4H3. The van der Waals surface area contributed by atoms with E-state index >= 15 is 0 Å². The number of hydrogen-bond acceptors (Lipinski definition) is 4. The molecule has 1 N–H and O–H groups in total. The van der Waals surface area contributed by atoms with Crippen molar-refractivity contribution in [2.75, 3.05) is 5.32 Å². The second kappa shape index (κ2) is 7.66. The molecule has 2 aliphatic rings. The van der Waals surface area contributed by atoms with E-state index in [4.69, 9.17) is 9.52 Å². The SMILES string of the molecule is CC(C)(c1ccccc1)c1cnc(-c2cnn3c2NC(C2=CC=CC=CC2)CC3(C)C)o1. The van der Waals surface area contributed by atoms with E-state index in [1.165, 1.54) is 11.1 Å². The maximum atomic E-state index is 6.34. The number of rotatable bonds is 4. The molecule has 1 aliphatic carbocycles. The Kier molecular flexibility index (Phi) is 4.92. The highest BCUT2D eigenvalue weighted by Gasteiger charge is 2.37. The summed E-state index contributed by atoms with van der Waals surface area (Å²) in [5, 5.41) is 8.46. The predicted molar refractivity (Wildman–Crippen MR) is 129 cm³/mol. The molecule has 1 unspecified atom stereocenters. The molecule has 0 bridgehead atoms. The lowest BCUT2D eigenvalue weighted by molar-refractivity contribution is 0.271. The van der Waals surface area contributed by atoms with E-state index in [9.17, 15) is 0 Å². The van der Waals surface area contributed by atoms with Crippen LogP contribution < -0.4 is 5.32 Å². The Hall–Kier alpha value is -3.34. The van der Waals surface area contributed by atoms with Gasteiger partial charge in [-0.25, -0.2) is 9.67 Å². The first-order valence-corrected chi connectivity index (χ1v) is 11.3. The minimum atomic E-state index is -0.279. The lowest BCUT2D eigenvalue weighted by Crippen LogP contribution is -2.42. The highest BCUT2D eigenvalue weighted by Crippen LogP contribution is 2.41. The lowest BCUT2D eigenvalue weighted by Gasteiger charge is -2.39. The van der Waals surface area contributed by atoms with Gasteiger partial charge < -0.3 is 9.73 Å². The highest BCUT2D eigenvalue weighted by atomic mass is 16.4. The van der Waals surface area contributed by atoms with Crippen molar-refractivity contribution in [3.8, 4) is 11.5 Å². The smallest absolute Gasteiger partial charge is 0.231 e. The number of aromatic nitrogens is 3. The van der Waals surface area contributed by atoms with E-state index in [1.54, 1.807) is 0 Å². The third-order valence-corrected chi connectivity index (χ3v) is 6.67. The van der Waals surface area contributed by atoms with Gasteiger partial charge in [0.2, 0.25) is 5.89 Å². The monoisotopic (exact) mass is 426 g/mol. The van der Waals surface area contributed by atoms with Crippen molar-refractivity contribution in [3.05, 3.63) is 90.0 Å². The largest absolute Gasteiger partial charge is 0.440 e. The molecule has 164 valence electrons. The molecular weight excluding hydrogens is 396 g/mol. The Morgan fingerprint density at radius 2 is 1.91 bits per heavy atom. The molecule has 0 saturated heterocycles. The zero-order valence-corrected chi connectivity index (χ0v) is 19.2. The van der Waals surface area contributed by atoms with Gasteiger partial charge in [0, 0.05) is 5.41 Å². The van der Waals surface area contributed by atoms with Crippen LogP contribution in [0.5, 0.6) is 0 Å². The summed E-state index contributed by atoms with van der Waals surface area (Å²) in [5.74, 6) is 2.41. The summed E-state index contributed by atoms with van der Waals surface area (Å²) in [7, 11) is 0. The zero-order valence-electron chi connectivity index (χ0n) is 19.2. The summed E-state index contributed by atoms with van der Waals surface area (Å²) in [5.41, 5.74) is 3.07. The number of nitrogens with one attached hydrogen (secondary N) is 1. The molecule has 5 nitrogen and oxygen atoms in total. The summed E-state index contributed by atoms with van der Waals surface area (Å²) in [4.78, 5) is 4.66. The molecule has 0 amide bonds. The van der Waals surface area contributed by atoms with Crippen molar-refractivity contribution in [2.45, 2.75) is 57.5 Å². The lowest BCUT2D eigenvalue weighted by atomic mass is 9.83. The van der Waals surface area contributed by atoms with Crippen LogP contribution in [0, 0.1) is 0 Å². The van der Waals surface area contributed by atoms with Crippen molar-refractivity contribution in [1.29, 1.82) is 0 Å². The van der Waals surface area contributed by atoms with Crippen LogP contribution in [-0.2, 0) is 11.0 Å². The van der Waals surface area contributed by atoms with Crippen LogP contribution in [0.25, 0.3) is 11.5 Å². The van der Waals surface area contributed by atoms with Gasteiger partial charge in [-0.3, -0.25) is 0 Å². The van der Waals surface area contributed by atoms with Crippen LogP contribution in [0.15, 0.2) is 83.1 Å². The van der Waals surface area contributed by atoms with Crippen LogP contribution >= 0.6 is 0 Å². The minimum Gasteiger partial charge on any atom is -0.440 e. The second-order valence-electron chi connectivity index (χ2n) is 9.81. The highest BCUT2D eigenvalue weighted by molar-refractivity contribution is 5.71. The normalized spacial score (nSPS) is 19.8. The maximum Gasteiger partial charge on any atom is 0.231 e. The van der Waals surface area contributed by atoms with Crippen molar-refractivity contribution in [3.63, 3.8) is 0 Å². The molecule has 1 atom stereocenters. The summed E-state index contributed by atoms with van der Waals surface area (Å²) in [6.07, 6.45) is 16.4. The number of benzene rings is 1. The molecule has 3 aromatic rings. The molecule has 1 aliphatic heterocycles. The molecule has 2 aromatic heterocycles. The van der Waals surface area contributed by atoms with Crippen LogP contribution in [0.4, 0.5) is 5.82 Å². The number of oxazole rings is 1. The summed E-state index contributed by atoms with van der Waals surface area (Å²) >= 11 is 0. The predicted octanol–water partition coefficient (Wildman–Crippen LogP) is 6.23. The van der Waals surface area contributed by atoms with Crippen LogP contribution in [0.3, 0.4) is 0 Å². The molecule has 1 aromatic carbocycles. The fourth-order valence-electron chi connectivity index (χ4n) is 4.67. The van der Waals surface area contributed by atoms with Crippen molar-refractivity contribution in [1.82, 2.24) is 14.8 Å². The molecule has 5 heteroatoms. The van der Waals surface area contributed by atoms with Gasteiger partial charge in [-0.05, 0) is 51.7 Å². The first-order valence-electron chi connectivity index (χ1n) is 11.3. The maximum absolute atomic E-state index is 6.34. The number of hydrogen-bond donors (Lipinski definition) is 1. The molecule has 0 radical (unpaired) electrons. The van der Waals surface area contributed by atoms with E-state index < -0.39 is 0 Å². The first-order chi connectivity index (χ1) is 15.4. The van der Waals surface area contributed by atoms with E-state index in [0.29, 0.717) is 5.89 Å². The molecule has 32 heavy (non-hydrogen) atoms. The van der Waals surface area contributed by atoms with Gasteiger partial charge in [0.15, 0.2) is 0 Å². The molecule has 0 fully saturated rings. The second-order valence-corrected chi connectivity index (χ2v) is 9.81. The Labute approximate surface area is 189 Å². The van der Waals surface area contributed by atoms with Crippen molar-refractivity contribution < 1.29 is 4.42 Å². The van der Waals surface area contributed by atoms with Crippen molar-refractivity contribution >= 4 is 5.82 Å². The Morgan fingerprint density at radius 1 is 1.09 bits per heavy atom. The average molecular weight is 427 g/mol. The minimum absolute atomic E-state index is 0.122.